The Bertz CT molecular complexity index is 827. The second-order valence-electron chi connectivity index (χ2n) is 5.41. The van der Waals surface area contributed by atoms with E-state index in [2.05, 4.69) is 84.9 Å². The Labute approximate surface area is 130 Å². The highest BCUT2D eigenvalue weighted by Gasteiger charge is 2.02. The zero-order valence-corrected chi connectivity index (χ0v) is 12.2. The van der Waals surface area contributed by atoms with Crippen molar-refractivity contribution in [3.63, 3.8) is 0 Å². The maximum absolute atomic E-state index is 3.52. The van der Waals surface area contributed by atoms with Crippen LogP contribution in [-0.4, -0.2) is 0 Å². The summed E-state index contributed by atoms with van der Waals surface area (Å²) < 4.78 is 0. The topological polar surface area (TPSA) is 0 Å². The lowest BCUT2D eigenvalue weighted by molar-refractivity contribution is 1.62. The van der Waals surface area contributed by atoms with Crippen molar-refractivity contribution in [3.8, 4) is 22.3 Å². The smallest absolute Gasteiger partial charge is 0.00143 e. The Kier molecular flexibility index (Phi) is 3.21. The van der Waals surface area contributed by atoms with Gasteiger partial charge in [-0.05, 0) is 45.2 Å². The second-order valence-corrected chi connectivity index (χ2v) is 5.41. The molecular formula is C22H15. The molecule has 0 saturated carbocycles. The molecular weight excluding hydrogens is 264 g/mol. The minimum Gasteiger partial charge on any atom is -0.0622 e. The quantitative estimate of drug-likeness (QED) is 0.424. The van der Waals surface area contributed by atoms with Crippen LogP contribution in [0, 0.1) is 6.07 Å². The molecule has 0 aliphatic rings. The fourth-order valence-corrected chi connectivity index (χ4v) is 2.77. The fraction of sp³-hybridized carbons (Fsp3) is 0. The van der Waals surface area contributed by atoms with E-state index in [1.165, 1.54) is 22.1 Å². The van der Waals surface area contributed by atoms with Crippen LogP contribution in [0.3, 0.4) is 0 Å². The van der Waals surface area contributed by atoms with Gasteiger partial charge in [0.2, 0.25) is 0 Å². The molecule has 0 amide bonds. The van der Waals surface area contributed by atoms with Crippen molar-refractivity contribution in [2.75, 3.05) is 0 Å². The Morgan fingerprint density at radius 2 is 1.18 bits per heavy atom. The van der Waals surface area contributed by atoms with E-state index in [4.69, 9.17) is 0 Å². The maximum atomic E-state index is 3.52. The van der Waals surface area contributed by atoms with Crippen molar-refractivity contribution in [1.29, 1.82) is 0 Å². The number of benzene rings is 4. The molecule has 0 bridgehead atoms. The molecule has 0 aliphatic carbocycles. The first-order valence-electron chi connectivity index (χ1n) is 7.47. The molecule has 4 aromatic rings. The largest absolute Gasteiger partial charge is 0.0622 e. The summed E-state index contributed by atoms with van der Waals surface area (Å²) in [5.74, 6) is 0. The molecule has 0 aromatic heterocycles. The number of hydrogen-bond acceptors (Lipinski definition) is 0. The zero-order valence-electron chi connectivity index (χ0n) is 12.2. The third-order valence-electron chi connectivity index (χ3n) is 3.94. The van der Waals surface area contributed by atoms with E-state index in [1.54, 1.807) is 0 Å². The first-order chi connectivity index (χ1) is 10.9. The first-order valence-corrected chi connectivity index (χ1v) is 7.47. The highest BCUT2D eigenvalue weighted by Crippen LogP contribution is 2.27. The lowest BCUT2D eigenvalue weighted by Crippen LogP contribution is -1.81. The molecule has 4 aromatic carbocycles. The molecule has 0 heteroatoms. The average molecular weight is 279 g/mol. The van der Waals surface area contributed by atoms with Crippen LogP contribution in [0.25, 0.3) is 33.0 Å². The lowest BCUT2D eigenvalue weighted by atomic mass is 9.98. The van der Waals surface area contributed by atoms with E-state index in [0.717, 1.165) is 10.9 Å². The van der Waals surface area contributed by atoms with Gasteiger partial charge in [-0.25, -0.2) is 0 Å². The fourth-order valence-electron chi connectivity index (χ4n) is 2.77. The minimum absolute atomic E-state index is 1.14. The van der Waals surface area contributed by atoms with Crippen LogP contribution in [0.2, 0.25) is 0 Å². The highest BCUT2D eigenvalue weighted by atomic mass is 14.1. The Morgan fingerprint density at radius 3 is 1.91 bits per heavy atom. The van der Waals surface area contributed by atoms with E-state index >= 15 is 0 Å². The monoisotopic (exact) mass is 279 g/mol. The number of rotatable bonds is 2. The van der Waals surface area contributed by atoms with Gasteiger partial charge in [0, 0.05) is 0 Å². The Hall–Kier alpha value is -2.86. The molecule has 0 fully saturated rings. The van der Waals surface area contributed by atoms with Crippen LogP contribution in [-0.2, 0) is 0 Å². The molecule has 1 radical (unpaired) electrons. The summed E-state index contributed by atoms with van der Waals surface area (Å²) in [6.07, 6.45) is 0. The summed E-state index contributed by atoms with van der Waals surface area (Å²) in [6, 6.07) is 35.3. The van der Waals surface area contributed by atoms with Crippen LogP contribution in [0.15, 0.2) is 91.0 Å². The lowest BCUT2D eigenvalue weighted by Gasteiger charge is -2.06. The standard InChI is InChI=1S/C22H15/c1-3-7-17(8-4-1)19-11-13-22-16-20(12-14-21(22)15-19)18-9-5-2-6-10-18/h1-15H. The zero-order chi connectivity index (χ0) is 14.8. The summed E-state index contributed by atoms with van der Waals surface area (Å²) in [5, 5.41) is 2.38. The van der Waals surface area contributed by atoms with Crippen LogP contribution in [0.4, 0.5) is 0 Å². The van der Waals surface area contributed by atoms with Crippen LogP contribution in [0.5, 0.6) is 0 Å². The normalized spacial score (nSPS) is 10.7. The van der Waals surface area contributed by atoms with Crippen LogP contribution >= 0.6 is 0 Å². The van der Waals surface area contributed by atoms with E-state index in [0.29, 0.717) is 0 Å². The predicted molar refractivity (Wildman–Crippen MR) is 93.7 cm³/mol. The van der Waals surface area contributed by atoms with Gasteiger partial charge in [0.25, 0.3) is 0 Å². The minimum atomic E-state index is 1.14. The summed E-state index contributed by atoms with van der Waals surface area (Å²) in [7, 11) is 0. The van der Waals surface area contributed by atoms with Crippen molar-refractivity contribution in [2.45, 2.75) is 0 Å². The molecule has 0 nitrogen and oxygen atoms in total. The molecule has 0 atom stereocenters. The van der Waals surface area contributed by atoms with Crippen LogP contribution in [0.1, 0.15) is 0 Å². The van der Waals surface area contributed by atoms with Gasteiger partial charge in [-0.1, -0.05) is 84.9 Å². The van der Waals surface area contributed by atoms with Crippen molar-refractivity contribution in [2.24, 2.45) is 0 Å². The van der Waals surface area contributed by atoms with Crippen molar-refractivity contribution in [3.05, 3.63) is 97.1 Å². The molecule has 4 rings (SSSR count). The van der Waals surface area contributed by atoms with Gasteiger partial charge in [-0.15, -0.1) is 0 Å². The maximum Gasteiger partial charge on any atom is -0.00143 e. The van der Waals surface area contributed by atoms with E-state index in [9.17, 15) is 0 Å². The van der Waals surface area contributed by atoms with E-state index in [1.807, 2.05) is 12.1 Å². The van der Waals surface area contributed by atoms with Gasteiger partial charge in [0.1, 0.15) is 0 Å². The molecule has 0 saturated heterocycles. The second kappa shape index (κ2) is 5.50. The first kappa shape index (κ1) is 12.8. The predicted octanol–water partition coefficient (Wildman–Crippen LogP) is 5.97. The van der Waals surface area contributed by atoms with Crippen LogP contribution < -0.4 is 0 Å². The van der Waals surface area contributed by atoms with Gasteiger partial charge in [-0.3, -0.25) is 0 Å². The van der Waals surface area contributed by atoms with Gasteiger partial charge >= 0.3 is 0 Å². The molecule has 22 heavy (non-hydrogen) atoms. The Balaban J connectivity index is 1.80. The van der Waals surface area contributed by atoms with Gasteiger partial charge in [0.05, 0.1) is 0 Å². The van der Waals surface area contributed by atoms with Crippen molar-refractivity contribution < 1.29 is 0 Å². The molecule has 0 unspecified atom stereocenters. The van der Waals surface area contributed by atoms with Gasteiger partial charge in [0.15, 0.2) is 0 Å². The third-order valence-corrected chi connectivity index (χ3v) is 3.94. The molecule has 0 aliphatic heterocycles. The third kappa shape index (κ3) is 2.40. The summed E-state index contributed by atoms with van der Waals surface area (Å²) in [5.41, 5.74) is 4.84. The SMILES string of the molecule is [c]1c(-c2ccccc2)ccc2cc(-c3ccccc3)ccc12. The molecule has 0 heterocycles. The summed E-state index contributed by atoms with van der Waals surface area (Å²) in [6.45, 7) is 0. The number of hydrogen-bond donors (Lipinski definition) is 0. The summed E-state index contributed by atoms with van der Waals surface area (Å²) >= 11 is 0. The van der Waals surface area contributed by atoms with E-state index in [-0.39, 0.29) is 0 Å². The molecule has 0 spiro atoms. The number of fused-ring (bicyclic) bond motifs is 1. The average Bonchev–Trinajstić information content (AvgIpc) is 2.62. The molecule has 103 valence electrons. The van der Waals surface area contributed by atoms with Gasteiger partial charge < -0.3 is 0 Å². The van der Waals surface area contributed by atoms with Gasteiger partial charge in [-0.2, -0.15) is 0 Å². The Morgan fingerprint density at radius 1 is 0.500 bits per heavy atom. The highest BCUT2D eigenvalue weighted by molar-refractivity contribution is 5.90. The molecule has 0 N–H and O–H groups in total. The van der Waals surface area contributed by atoms with Crippen molar-refractivity contribution in [1.82, 2.24) is 0 Å². The summed E-state index contributed by atoms with van der Waals surface area (Å²) in [4.78, 5) is 0. The van der Waals surface area contributed by atoms with Crippen molar-refractivity contribution >= 4 is 10.8 Å². The van der Waals surface area contributed by atoms with E-state index < -0.39 is 0 Å².